The molecule has 25 heavy (non-hydrogen) atoms. The van der Waals surface area contributed by atoms with E-state index < -0.39 is 59.4 Å². The highest BCUT2D eigenvalue weighted by Crippen LogP contribution is 2.25. The van der Waals surface area contributed by atoms with Gasteiger partial charge in [0.1, 0.15) is 5.75 Å². The van der Waals surface area contributed by atoms with E-state index >= 15 is 0 Å². The van der Waals surface area contributed by atoms with Gasteiger partial charge in [0.05, 0.1) is 13.2 Å². The molecule has 1 N–H and O–H groups in total. The second-order valence-electron chi connectivity index (χ2n) is 5.26. The fourth-order valence-corrected chi connectivity index (χ4v) is 2.25. The van der Waals surface area contributed by atoms with Crippen molar-refractivity contribution in [1.82, 2.24) is 0 Å². The number of ketones is 1. The van der Waals surface area contributed by atoms with Gasteiger partial charge in [0.15, 0.2) is 29.1 Å². The number of aliphatic hydroxyl groups excluding tert-OH is 1. The minimum atomic E-state index is -2.28. The topological polar surface area (TPSA) is 46.5 Å². The van der Waals surface area contributed by atoms with Gasteiger partial charge in [0.2, 0.25) is 5.82 Å². The molecule has 8 heteroatoms. The lowest BCUT2D eigenvalue weighted by molar-refractivity contribution is 0.0877. The van der Waals surface area contributed by atoms with Crippen molar-refractivity contribution in [3.05, 3.63) is 64.5 Å². The Morgan fingerprint density at radius 3 is 1.92 bits per heavy atom. The Morgan fingerprint density at radius 1 is 0.960 bits per heavy atom. The number of ether oxygens (including phenoxy) is 1. The molecule has 0 amide bonds. The first-order valence-electron chi connectivity index (χ1n) is 7.11. The SMILES string of the molecule is COc1ccc(C(=O)CC(O)Cc2c(F)c(F)c(F)c(F)c2F)cc1. The van der Waals surface area contributed by atoms with Crippen LogP contribution in [0.5, 0.6) is 5.75 Å². The van der Waals surface area contributed by atoms with Crippen molar-refractivity contribution < 1.29 is 36.6 Å². The van der Waals surface area contributed by atoms with Crippen molar-refractivity contribution in [3.63, 3.8) is 0 Å². The van der Waals surface area contributed by atoms with Gasteiger partial charge < -0.3 is 9.84 Å². The van der Waals surface area contributed by atoms with Crippen LogP contribution >= 0.6 is 0 Å². The largest absolute Gasteiger partial charge is 0.497 e. The molecule has 3 nitrogen and oxygen atoms in total. The van der Waals surface area contributed by atoms with E-state index in [1.165, 1.54) is 31.4 Å². The standard InChI is InChI=1S/C17H13F5O3/c1-25-10-4-2-8(3-5-10)12(24)7-9(23)6-11-13(18)15(20)17(22)16(21)14(11)19/h2-5,9,23H,6-7H2,1H3. The predicted octanol–water partition coefficient (Wildman–Crippen LogP) is 3.57. The van der Waals surface area contributed by atoms with E-state index in [4.69, 9.17) is 4.74 Å². The van der Waals surface area contributed by atoms with Gasteiger partial charge in [-0.15, -0.1) is 0 Å². The average Bonchev–Trinajstić information content (AvgIpc) is 2.62. The molecule has 0 spiro atoms. The number of Topliss-reactive ketones (excluding diaryl/α,β-unsaturated/α-hetero) is 1. The van der Waals surface area contributed by atoms with Crippen LogP contribution in [0.25, 0.3) is 0 Å². The molecule has 1 atom stereocenters. The number of aliphatic hydroxyl groups is 1. The van der Waals surface area contributed by atoms with Gasteiger partial charge in [-0.2, -0.15) is 0 Å². The van der Waals surface area contributed by atoms with Gasteiger partial charge in [0.25, 0.3) is 0 Å². The number of carbonyl (C=O) groups is 1. The lowest BCUT2D eigenvalue weighted by Gasteiger charge is -2.13. The second kappa shape index (κ2) is 7.60. The summed E-state index contributed by atoms with van der Waals surface area (Å²) in [5, 5.41) is 9.82. The van der Waals surface area contributed by atoms with E-state index in [9.17, 15) is 31.9 Å². The van der Waals surface area contributed by atoms with E-state index in [0.717, 1.165) is 0 Å². The van der Waals surface area contributed by atoms with E-state index in [0.29, 0.717) is 5.75 Å². The third-order valence-corrected chi connectivity index (χ3v) is 3.57. The van der Waals surface area contributed by atoms with Crippen molar-refractivity contribution in [2.24, 2.45) is 0 Å². The quantitative estimate of drug-likeness (QED) is 0.371. The van der Waals surface area contributed by atoms with Crippen LogP contribution in [0.3, 0.4) is 0 Å². The molecule has 2 rings (SSSR count). The zero-order chi connectivity index (χ0) is 18.7. The van der Waals surface area contributed by atoms with Gasteiger partial charge in [0, 0.05) is 24.0 Å². The molecule has 0 heterocycles. The maximum absolute atomic E-state index is 13.6. The highest BCUT2D eigenvalue weighted by Gasteiger charge is 2.27. The first kappa shape index (κ1) is 18.9. The zero-order valence-electron chi connectivity index (χ0n) is 13.0. The summed E-state index contributed by atoms with van der Waals surface area (Å²) >= 11 is 0. The lowest BCUT2D eigenvalue weighted by Crippen LogP contribution is -2.19. The molecule has 0 aliphatic rings. The van der Waals surface area contributed by atoms with E-state index in [-0.39, 0.29) is 5.56 Å². The predicted molar refractivity (Wildman–Crippen MR) is 77.9 cm³/mol. The fraction of sp³-hybridized carbons (Fsp3) is 0.235. The van der Waals surface area contributed by atoms with Gasteiger partial charge in [-0.1, -0.05) is 0 Å². The summed E-state index contributed by atoms with van der Waals surface area (Å²) in [6.07, 6.45) is -3.07. The number of rotatable bonds is 6. The third kappa shape index (κ3) is 3.96. The fourth-order valence-electron chi connectivity index (χ4n) is 2.25. The van der Waals surface area contributed by atoms with Crippen LogP contribution in [-0.2, 0) is 6.42 Å². The van der Waals surface area contributed by atoms with Crippen LogP contribution in [0.2, 0.25) is 0 Å². The van der Waals surface area contributed by atoms with Crippen LogP contribution in [0.4, 0.5) is 22.0 Å². The van der Waals surface area contributed by atoms with Gasteiger partial charge in [-0.25, -0.2) is 22.0 Å². The molecule has 0 aliphatic carbocycles. The molecule has 0 saturated carbocycles. The zero-order valence-corrected chi connectivity index (χ0v) is 13.0. The Hall–Kier alpha value is -2.48. The van der Waals surface area contributed by atoms with Crippen LogP contribution in [0.1, 0.15) is 22.3 Å². The number of benzene rings is 2. The number of methoxy groups -OCH3 is 1. The first-order valence-corrected chi connectivity index (χ1v) is 7.11. The maximum atomic E-state index is 13.6. The third-order valence-electron chi connectivity index (χ3n) is 3.57. The summed E-state index contributed by atoms with van der Waals surface area (Å²) in [5.74, 6) is -10.6. The second-order valence-corrected chi connectivity index (χ2v) is 5.26. The van der Waals surface area contributed by atoms with Crippen LogP contribution in [0, 0.1) is 29.1 Å². The number of hydrogen-bond donors (Lipinski definition) is 1. The van der Waals surface area contributed by atoms with Gasteiger partial charge in [-0.3, -0.25) is 4.79 Å². The Balaban J connectivity index is 2.14. The molecule has 2 aromatic rings. The normalized spacial score (nSPS) is 12.1. The molecule has 0 radical (unpaired) electrons. The minimum Gasteiger partial charge on any atom is -0.497 e. The van der Waals surface area contributed by atoms with Gasteiger partial charge in [-0.05, 0) is 24.3 Å². The highest BCUT2D eigenvalue weighted by molar-refractivity contribution is 5.96. The Labute approximate surface area is 139 Å². The highest BCUT2D eigenvalue weighted by atomic mass is 19.2. The van der Waals surface area contributed by atoms with E-state index in [2.05, 4.69) is 0 Å². The molecule has 0 aliphatic heterocycles. The Morgan fingerprint density at radius 2 is 1.44 bits per heavy atom. The van der Waals surface area contributed by atoms with Crippen LogP contribution in [-0.4, -0.2) is 24.1 Å². The molecular weight excluding hydrogens is 347 g/mol. The van der Waals surface area contributed by atoms with Crippen molar-refractivity contribution in [2.75, 3.05) is 7.11 Å². The summed E-state index contributed by atoms with van der Waals surface area (Å²) in [6, 6.07) is 5.85. The molecule has 1 unspecified atom stereocenters. The van der Waals surface area contributed by atoms with Crippen molar-refractivity contribution in [2.45, 2.75) is 18.9 Å². The summed E-state index contributed by atoms with van der Waals surface area (Å²) < 4.78 is 71.3. The average molecular weight is 360 g/mol. The van der Waals surface area contributed by atoms with Crippen LogP contribution < -0.4 is 4.74 Å². The lowest BCUT2D eigenvalue weighted by atomic mass is 9.99. The molecule has 134 valence electrons. The monoisotopic (exact) mass is 360 g/mol. The Bertz CT molecular complexity index is 761. The molecule has 0 aromatic heterocycles. The smallest absolute Gasteiger partial charge is 0.200 e. The minimum absolute atomic E-state index is 0.206. The van der Waals surface area contributed by atoms with Crippen molar-refractivity contribution in [3.8, 4) is 5.75 Å². The maximum Gasteiger partial charge on any atom is 0.200 e. The molecule has 0 saturated heterocycles. The molecular formula is C17H13F5O3. The Kier molecular flexibility index (Phi) is 5.73. The summed E-state index contributed by atoms with van der Waals surface area (Å²) in [4.78, 5) is 12.0. The summed E-state index contributed by atoms with van der Waals surface area (Å²) in [7, 11) is 1.44. The molecule has 0 bridgehead atoms. The van der Waals surface area contributed by atoms with Crippen LogP contribution in [0.15, 0.2) is 24.3 Å². The molecule has 2 aromatic carbocycles. The first-order chi connectivity index (χ1) is 11.8. The van der Waals surface area contributed by atoms with Crippen molar-refractivity contribution in [1.29, 1.82) is 0 Å². The summed E-state index contributed by atoms with van der Waals surface area (Å²) in [5.41, 5.74) is -0.955. The van der Waals surface area contributed by atoms with Gasteiger partial charge >= 0.3 is 0 Å². The van der Waals surface area contributed by atoms with E-state index in [1.54, 1.807) is 0 Å². The number of hydrogen-bond acceptors (Lipinski definition) is 3. The summed E-state index contributed by atoms with van der Waals surface area (Å²) in [6.45, 7) is 0. The number of halogens is 5. The van der Waals surface area contributed by atoms with Crippen molar-refractivity contribution >= 4 is 5.78 Å². The van der Waals surface area contributed by atoms with E-state index in [1.807, 2.05) is 0 Å². The molecule has 0 fully saturated rings. The number of carbonyl (C=O) groups excluding carboxylic acids is 1.